The van der Waals surface area contributed by atoms with Crippen LogP contribution in [0.15, 0.2) is 33.7 Å². The van der Waals surface area contributed by atoms with Crippen LogP contribution in [0.5, 0.6) is 0 Å². The topological polar surface area (TPSA) is 55.4 Å². The van der Waals surface area contributed by atoms with Crippen molar-refractivity contribution in [2.75, 3.05) is 0 Å². The van der Waals surface area contributed by atoms with Crippen molar-refractivity contribution in [3.05, 3.63) is 29.5 Å². The molecule has 0 aromatic carbocycles. The van der Waals surface area contributed by atoms with Gasteiger partial charge in [0.25, 0.3) is 0 Å². The number of dihydropyridines is 1. The summed E-state index contributed by atoms with van der Waals surface area (Å²) in [7, 11) is 0. The van der Waals surface area contributed by atoms with E-state index in [1.807, 2.05) is 22.5 Å². The number of allylic oxidation sites excluding steroid dienone is 1. The van der Waals surface area contributed by atoms with Crippen molar-refractivity contribution in [1.82, 2.24) is 19.6 Å². The molecular weight excluding hydrogens is 306 g/mol. The highest BCUT2D eigenvalue weighted by Gasteiger charge is 2.43. The molecule has 6 heteroatoms. The standard InChI is InChI=1S/C17H19N5S/c1-2-3-7-12-10-5-4-6-11(10)13-14-15(23-17(13)20-12)16-21-19-9-22(16)8-18-14/h8-9,13,17H,2-7H2,1H3. The molecule has 0 fully saturated rings. The molecule has 0 amide bonds. The van der Waals surface area contributed by atoms with E-state index in [1.165, 1.54) is 48.4 Å². The fraction of sp³-hybridized carbons (Fsp3) is 0.529. The molecule has 0 spiro atoms. The van der Waals surface area contributed by atoms with Crippen molar-refractivity contribution in [2.24, 2.45) is 4.99 Å². The second-order valence-electron chi connectivity index (χ2n) is 6.54. The van der Waals surface area contributed by atoms with Crippen LogP contribution < -0.4 is 0 Å². The molecule has 2 atom stereocenters. The minimum absolute atomic E-state index is 0.254. The number of unbranched alkanes of at least 4 members (excludes halogenated alkanes) is 1. The molecule has 3 aliphatic rings. The van der Waals surface area contributed by atoms with Gasteiger partial charge in [-0.3, -0.25) is 9.39 Å². The van der Waals surface area contributed by atoms with Gasteiger partial charge in [-0.05, 0) is 37.7 Å². The molecule has 5 rings (SSSR count). The SMILES string of the molecule is CCCCC1=NC2Sc3c(ncn4cnnc34)C2C2=C1CCC2. The number of thioether (sulfide) groups is 1. The van der Waals surface area contributed by atoms with E-state index in [1.54, 1.807) is 17.5 Å². The highest BCUT2D eigenvalue weighted by atomic mass is 32.2. The molecule has 2 aromatic heterocycles. The first-order valence-electron chi connectivity index (χ1n) is 8.50. The van der Waals surface area contributed by atoms with Crippen LogP contribution >= 0.6 is 11.8 Å². The number of fused-ring (bicyclic) bond motifs is 6. The Balaban J connectivity index is 1.63. The molecule has 0 saturated heterocycles. The van der Waals surface area contributed by atoms with E-state index in [9.17, 15) is 0 Å². The molecule has 0 N–H and O–H groups in total. The molecule has 0 radical (unpaired) electrons. The van der Waals surface area contributed by atoms with Crippen molar-refractivity contribution >= 4 is 23.1 Å². The fourth-order valence-electron chi connectivity index (χ4n) is 4.11. The zero-order chi connectivity index (χ0) is 15.4. The lowest BCUT2D eigenvalue weighted by Crippen LogP contribution is -2.21. The normalized spacial score (nSPS) is 25.5. The van der Waals surface area contributed by atoms with Crippen molar-refractivity contribution in [3.8, 4) is 0 Å². The monoisotopic (exact) mass is 325 g/mol. The van der Waals surface area contributed by atoms with Gasteiger partial charge in [-0.25, -0.2) is 4.98 Å². The van der Waals surface area contributed by atoms with Gasteiger partial charge in [0.05, 0.1) is 16.5 Å². The van der Waals surface area contributed by atoms with Crippen molar-refractivity contribution in [1.29, 1.82) is 0 Å². The first-order chi connectivity index (χ1) is 11.4. The Morgan fingerprint density at radius 1 is 1.30 bits per heavy atom. The predicted octanol–water partition coefficient (Wildman–Crippen LogP) is 3.77. The lowest BCUT2D eigenvalue weighted by molar-refractivity contribution is 0.694. The summed E-state index contributed by atoms with van der Waals surface area (Å²) in [6, 6.07) is 0. The summed E-state index contributed by atoms with van der Waals surface area (Å²) in [5.41, 5.74) is 6.64. The third-order valence-electron chi connectivity index (χ3n) is 5.18. The van der Waals surface area contributed by atoms with Gasteiger partial charge >= 0.3 is 0 Å². The van der Waals surface area contributed by atoms with Crippen LogP contribution in [0.1, 0.15) is 57.1 Å². The Morgan fingerprint density at radius 2 is 2.26 bits per heavy atom. The average Bonchev–Trinajstić information content (AvgIpc) is 3.27. The largest absolute Gasteiger partial charge is 0.274 e. The summed E-state index contributed by atoms with van der Waals surface area (Å²) < 4.78 is 1.91. The number of aliphatic imine (C=N–C) groups is 1. The maximum absolute atomic E-state index is 5.15. The van der Waals surface area contributed by atoms with Gasteiger partial charge in [0, 0.05) is 5.71 Å². The number of rotatable bonds is 3. The Bertz CT molecular complexity index is 850. The molecule has 4 heterocycles. The van der Waals surface area contributed by atoms with Gasteiger partial charge in [-0.2, -0.15) is 0 Å². The molecule has 0 bridgehead atoms. The van der Waals surface area contributed by atoms with Crippen LogP contribution in [0.25, 0.3) is 5.65 Å². The van der Waals surface area contributed by atoms with E-state index in [4.69, 9.17) is 9.98 Å². The van der Waals surface area contributed by atoms with E-state index in [2.05, 4.69) is 17.1 Å². The summed E-state index contributed by atoms with van der Waals surface area (Å²) in [6.07, 6.45) is 10.8. The first kappa shape index (κ1) is 13.7. The summed E-state index contributed by atoms with van der Waals surface area (Å²) in [5.74, 6) is 0.361. The lowest BCUT2D eigenvalue weighted by Gasteiger charge is -2.26. The second kappa shape index (κ2) is 5.16. The highest BCUT2D eigenvalue weighted by Crippen LogP contribution is 2.55. The summed E-state index contributed by atoms with van der Waals surface area (Å²) in [4.78, 5) is 11.1. The number of nitrogens with zero attached hydrogens (tertiary/aromatic N) is 5. The quantitative estimate of drug-likeness (QED) is 0.862. The van der Waals surface area contributed by atoms with Crippen molar-refractivity contribution in [3.63, 3.8) is 0 Å². The van der Waals surface area contributed by atoms with Crippen LogP contribution in [0.3, 0.4) is 0 Å². The Hall–Kier alpha value is -1.69. The minimum atomic E-state index is 0.254. The van der Waals surface area contributed by atoms with Gasteiger partial charge in [-0.15, -0.1) is 10.2 Å². The van der Waals surface area contributed by atoms with E-state index < -0.39 is 0 Å². The second-order valence-corrected chi connectivity index (χ2v) is 7.67. The van der Waals surface area contributed by atoms with Crippen LogP contribution in [-0.4, -0.2) is 30.7 Å². The van der Waals surface area contributed by atoms with Gasteiger partial charge in [-0.1, -0.05) is 30.7 Å². The van der Waals surface area contributed by atoms with Gasteiger partial charge < -0.3 is 0 Å². The van der Waals surface area contributed by atoms with Crippen LogP contribution in [0.2, 0.25) is 0 Å². The minimum Gasteiger partial charge on any atom is -0.274 e. The molecule has 2 aromatic rings. The molecule has 1 aliphatic carbocycles. The maximum Gasteiger partial charge on any atom is 0.177 e. The number of hydrogen-bond acceptors (Lipinski definition) is 5. The third kappa shape index (κ3) is 1.94. The molecule has 0 saturated carbocycles. The fourth-order valence-corrected chi connectivity index (χ4v) is 5.52. The predicted molar refractivity (Wildman–Crippen MR) is 91.0 cm³/mol. The third-order valence-corrected chi connectivity index (χ3v) is 6.43. The lowest BCUT2D eigenvalue weighted by atomic mass is 9.87. The van der Waals surface area contributed by atoms with E-state index >= 15 is 0 Å². The molecule has 5 nitrogen and oxygen atoms in total. The Labute approximate surface area is 139 Å². The highest BCUT2D eigenvalue weighted by molar-refractivity contribution is 8.00. The number of aromatic nitrogens is 4. The zero-order valence-electron chi connectivity index (χ0n) is 13.2. The van der Waals surface area contributed by atoms with Gasteiger partial charge in [0.2, 0.25) is 0 Å². The average molecular weight is 325 g/mol. The Kier molecular flexibility index (Phi) is 3.08. The van der Waals surface area contributed by atoms with E-state index in [0.29, 0.717) is 5.92 Å². The maximum atomic E-state index is 5.15. The molecule has 23 heavy (non-hydrogen) atoms. The van der Waals surface area contributed by atoms with Gasteiger partial charge in [0.1, 0.15) is 18.0 Å². The van der Waals surface area contributed by atoms with Crippen LogP contribution in [0.4, 0.5) is 0 Å². The van der Waals surface area contributed by atoms with E-state index in [0.717, 1.165) is 12.1 Å². The summed E-state index contributed by atoms with van der Waals surface area (Å²) >= 11 is 1.83. The summed E-state index contributed by atoms with van der Waals surface area (Å²) in [6.45, 7) is 2.25. The first-order valence-corrected chi connectivity index (χ1v) is 9.38. The van der Waals surface area contributed by atoms with Crippen LogP contribution in [-0.2, 0) is 0 Å². The van der Waals surface area contributed by atoms with Crippen molar-refractivity contribution in [2.45, 2.75) is 61.6 Å². The molecular formula is C17H19N5S. The summed E-state index contributed by atoms with van der Waals surface area (Å²) in [5, 5.41) is 8.57. The van der Waals surface area contributed by atoms with E-state index in [-0.39, 0.29) is 5.37 Å². The molecule has 2 aliphatic heterocycles. The van der Waals surface area contributed by atoms with Crippen LogP contribution in [0, 0.1) is 0 Å². The zero-order valence-corrected chi connectivity index (χ0v) is 14.0. The molecule has 118 valence electrons. The smallest absolute Gasteiger partial charge is 0.177 e. The van der Waals surface area contributed by atoms with Gasteiger partial charge in [0.15, 0.2) is 5.65 Å². The van der Waals surface area contributed by atoms with Crippen molar-refractivity contribution < 1.29 is 0 Å². The molecule has 2 unspecified atom stereocenters. The number of hydrogen-bond donors (Lipinski definition) is 0. The Morgan fingerprint density at radius 3 is 3.17 bits per heavy atom.